The number of nitrogens with two attached hydrogens (primary N) is 1. The number of nitrogen functional groups attached to an aromatic ring is 1. The van der Waals surface area contributed by atoms with Gasteiger partial charge in [-0.15, -0.1) is 0 Å². The van der Waals surface area contributed by atoms with Crippen LogP contribution >= 0.6 is 0 Å². The average molecular weight is 274 g/mol. The number of anilines is 2. The number of benzene rings is 1. The summed E-state index contributed by atoms with van der Waals surface area (Å²) in [4.78, 5) is 10.2. The lowest BCUT2D eigenvalue weighted by atomic mass is 10.1. The molecule has 1 aliphatic heterocycles. The van der Waals surface area contributed by atoms with Gasteiger partial charge in [-0.3, -0.25) is 0 Å². The minimum absolute atomic E-state index is 0.0967. The number of morpholine rings is 1. The highest BCUT2D eigenvalue weighted by Gasteiger charge is 2.23. The minimum atomic E-state index is -0.245. The van der Waals surface area contributed by atoms with E-state index in [4.69, 9.17) is 10.5 Å². The molecule has 5 nitrogen and oxygen atoms in total. The van der Waals surface area contributed by atoms with Gasteiger partial charge >= 0.3 is 0 Å². The van der Waals surface area contributed by atoms with Gasteiger partial charge in [-0.25, -0.2) is 9.37 Å². The van der Waals surface area contributed by atoms with E-state index in [1.54, 1.807) is 18.3 Å². The fraction of sp³-hybridized carbons (Fsp3) is 0.286. The molecule has 1 aromatic carbocycles. The number of hydrogen-bond donors (Lipinski definition) is 1. The molecule has 20 heavy (non-hydrogen) atoms. The topological polar surface area (TPSA) is 64.3 Å². The van der Waals surface area contributed by atoms with Crippen molar-refractivity contribution in [3.63, 3.8) is 0 Å². The molecule has 0 spiro atoms. The van der Waals surface area contributed by atoms with Crippen molar-refractivity contribution in [3.8, 4) is 0 Å². The standard InChI is InChI=1S/C14H15FN4O/c15-11-3-1-10(2-4-11)12-9-19(7-8-20-12)13-5-6-17-14(16)18-13/h1-6,12H,7-9H2,(H2,16,17,18). The third-order valence-electron chi connectivity index (χ3n) is 3.29. The van der Waals surface area contributed by atoms with Gasteiger partial charge in [0.05, 0.1) is 6.61 Å². The zero-order valence-electron chi connectivity index (χ0n) is 10.9. The van der Waals surface area contributed by atoms with Crippen LogP contribution in [0.2, 0.25) is 0 Å². The van der Waals surface area contributed by atoms with E-state index in [1.165, 1.54) is 12.1 Å². The first-order chi connectivity index (χ1) is 9.72. The number of hydrogen-bond acceptors (Lipinski definition) is 5. The molecule has 1 atom stereocenters. The maximum atomic E-state index is 13.0. The van der Waals surface area contributed by atoms with Crippen LogP contribution in [0.3, 0.4) is 0 Å². The van der Waals surface area contributed by atoms with Crippen molar-refractivity contribution < 1.29 is 9.13 Å². The van der Waals surface area contributed by atoms with Crippen LogP contribution < -0.4 is 10.6 Å². The van der Waals surface area contributed by atoms with E-state index in [9.17, 15) is 4.39 Å². The van der Waals surface area contributed by atoms with E-state index in [0.29, 0.717) is 13.2 Å². The summed E-state index contributed by atoms with van der Waals surface area (Å²) in [5, 5.41) is 0. The molecule has 1 fully saturated rings. The molecular formula is C14H15FN4O. The van der Waals surface area contributed by atoms with Crippen molar-refractivity contribution in [2.45, 2.75) is 6.10 Å². The Labute approximate surface area is 116 Å². The van der Waals surface area contributed by atoms with Gasteiger partial charge in [0.1, 0.15) is 17.7 Å². The van der Waals surface area contributed by atoms with E-state index in [0.717, 1.165) is 17.9 Å². The quantitative estimate of drug-likeness (QED) is 0.904. The van der Waals surface area contributed by atoms with Crippen LogP contribution in [0.25, 0.3) is 0 Å². The first-order valence-corrected chi connectivity index (χ1v) is 6.43. The van der Waals surface area contributed by atoms with Gasteiger partial charge in [-0.2, -0.15) is 4.98 Å². The van der Waals surface area contributed by atoms with Crippen molar-refractivity contribution in [2.24, 2.45) is 0 Å². The molecule has 0 aliphatic carbocycles. The Morgan fingerprint density at radius 1 is 1.25 bits per heavy atom. The highest BCUT2D eigenvalue weighted by atomic mass is 19.1. The zero-order valence-corrected chi connectivity index (χ0v) is 10.9. The highest BCUT2D eigenvalue weighted by molar-refractivity contribution is 5.42. The molecular weight excluding hydrogens is 259 g/mol. The lowest BCUT2D eigenvalue weighted by molar-refractivity contribution is 0.0395. The van der Waals surface area contributed by atoms with E-state index in [1.807, 2.05) is 6.07 Å². The monoisotopic (exact) mass is 274 g/mol. The van der Waals surface area contributed by atoms with Crippen molar-refractivity contribution in [1.29, 1.82) is 0 Å². The molecule has 104 valence electrons. The molecule has 0 amide bonds. The molecule has 1 aliphatic rings. The minimum Gasteiger partial charge on any atom is -0.370 e. The molecule has 2 aromatic rings. The summed E-state index contributed by atoms with van der Waals surface area (Å²) < 4.78 is 18.7. The van der Waals surface area contributed by atoms with Crippen molar-refractivity contribution in [2.75, 3.05) is 30.3 Å². The second-order valence-electron chi connectivity index (χ2n) is 4.63. The van der Waals surface area contributed by atoms with Crippen LogP contribution in [0.5, 0.6) is 0 Å². The van der Waals surface area contributed by atoms with E-state index >= 15 is 0 Å². The van der Waals surface area contributed by atoms with Crippen molar-refractivity contribution in [1.82, 2.24) is 9.97 Å². The Hall–Kier alpha value is -2.21. The molecule has 6 heteroatoms. The summed E-state index contributed by atoms with van der Waals surface area (Å²) in [5.74, 6) is 0.797. The third kappa shape index (κ3) is 2.70. The fourth-order valence-electron chi connectivity index (χ4n) is 2.28. The molecule has 3 rings (SSSR count). The van der Waals surface area contributed by atoms with Crippen LogP contribution in [-0.2, 0) is 4.74 Å². The van der Waals surface area contributed by atoms with Gasteiger partial charge in [0.2, 0.25) is 5.95 Å². The first kappa shape index (κ1) is 12.8. The normalized spacial score (nSPS) is 19.1. The van der Waals surface area contributed by atoms with Gasteiger partial charge in [-0.1, -0.05) is 12.1 Å². The second-order valence-corrected chi connectivity index (χ2v) is 4.63. The van der Waals surface area contributed by atoms with E-state index < -0.39 is 0 Å². The number of aromatic nitrogens is 2. The van der Waals surface area contributed by atoms with Crippen LogP contribution in [0, 0.1) is 5.82 Å². The van der Waals surface area contributed by atoms with Crippen LogP contribution in [-0.4, -0.2) is 29.7 Å². The predicted molar refractivity (Wildman–Crippen MR) is 73.8 cm³/mol. The third-order valence-corrected chi connectivity index (χ3v) is 3.29. The summed E-state index contributed by atoms with van der Waals surface area (Å²) in [6.45, 7) is 1.99. The van der Waals surface area contributed by atoms with Gasteiger partial charge in [-0.05, 0) is 23.8 Å². The van der Waals surface area contributed by atoms with Crippen molar-refractivity contribution in [3.05, 3.63) is 47.9 Å². The number of nitrogens with zero attached hydrogens (tertiary/aromatic N) is 3. The Kier molecular flexibility index (Phi) is 3.47. The van der Waals surface area contributed by atoms with Gasteiger partial charge in [0.25, 0.3) is 0 Å². The van der Waals surface area contributed by atoms with Crippen LogP contribution in [0.15, 0.2) is 36.5 Å². The van der Waals surface area contributed by atoms with Gasteiger partial charge < -0.3 is 15.4 Å². The van der Waals surface area contributed by atoms with Gasteiger partial charge in [0.15, 0.2) is 0 Å². The van der Waals surface area contributed by atoms with Crippen LogP contribution in [0.4, 0.5) is 16.2 Å². The lowest BCUT2D eigenvalue weighted by Gasteiger charge is -2.33. The summed E-state index contributed by atoms with van der Waals surface area (Å²) in [5.41, 5.74) is 6.56. The molecule has 2 heterocycles. The predicted octanol–water partition coefficient (Wildman–Crippen LogP) is 1.78. The summed E-state index contributed by atoms with van der Waals surface area (Å²) >= 11 is 0. The largest absolute Gasteiger partial charge is 0.370 e. The lowest BCUT2D eigenvalue weighted by Crippen LogP contribution is -2.39. The maximum absolute atomic E-state index is 13.0. The molecule has 0 saturated carbocycles. The van der Waals surface area contributed by atoms with E-state index in [2.05, 4.69) is 14.9 Å². The summed E-state index contributed by atoms with van der Waals surface area (Å²) in [7, 11) is 0. The Bertz CT molecular complexity index is 590. The molecule has 1 saturated heterocycles. The van der Waals surface area contributed by atoms with Crippen molar-refractivity contribution >= 4 is 11.8 Å². The smallest absolute Gasteiger partial charge is 0.221 e. The number of rotatable bonds is 2. The Morgan fingerprint density at radius 2 is 2.05 bits per heavy atom. The molecule has 1 unspecified atom stereocenters. The highest BCUT2D eigenvalue weighted by Crippen LogP contribution is 2.25. The maximum Gasteiger partial charge on any atom is 0.221 e. The Balaban J connectivity index is 1.78. The van der Waals surface area contributed by atoms with Gasteiger partial charge in [0, 0.05) is 19.3 Å². The molecule has 0 radical (unpaired) electrons. The number of halogens is 1. The first-order valence-electron chi connectivity index (χ1n) is 6.43. The fourth-order valence-corrected chi connectivity index (χ4v) is 2.28. The van der Waals surface area contributed by atoms with Crippen LogP contribution in [0.1, 0.15) is 11.7 Å². The Morgan fingerprint density at radius 3 is 2.80 bits per heavy atom. The molecule has 1 aromatic heterocycles. The SMILES string of the molecule is Nc1nccc(N2CCOC(c3ccc(F)cc3)C2)n1. The summed E-state index contributed by atoms with van der Waals surface area (Å²) in [6, 6.07) is 8.21. The molecule has 2 N–H and O–H groups in total. The summed E-state index contributed by atoms with van der Waals surface area (Å²) in [6.07, 6.45) is 1.54. The van der Waals surface area contributed by atoms with E-state index in [-0.39, 0.29) is 17.9 Å². The number of ether oxygens (including phenoxy) is 1. The average Bonchev–Trinajstić information content (AvgIpc) is 2.48. The zero-order chi connectivity index (χ0) is 13.9. The molecule has 0 bridgehead atoms. The second kappa shape index (κ2) is 5.42.